The van der Waals surface area contributed by atoms with E-state index < -0.39 is 0 Å². The van der Waals surface area contributed by atoms with Crippen LogP contribution in [-0.4, -0.2) is 29.1 Å². The van der Waals surface area contributed by atoms with Crippen LogP contribution in [0, 0.1) is 0 Å². The third-order valence-electron chi connectivity index (χ3n) is 4.84. The van der Waals surface area contributed by atoms with Crippen molar-refractivity contribution in [2.45, 2.75) is 13.8 Å². The van der Waals surface area contributed by atoms with E-state index in [1.807, 2.05) is 56.3 Å². The molecule has 0 amide bonds. The molecule has 33 heavy (non-hydrogen) atoms. The van der Waals surface area contributed by atoms with Gasteiger partial charge in [-0.1, -0.05) is 54.1 Å². The maximum absolute atomic E-state index is 13.3. The van der Waals surface area contributed by atoms with E-state index in [2.05, 4.69) is 21.0 Å². The van der Waals surface area contributed by atoms with Crippen molar-refractivity contribution in [3.8, 4) is 22.9 Å². The highest BCUT2D eigenvalue weighted by Gasteiger charge is 2.18. The zero-order chi connectivity index (χ0) is 23.4. The first-order chi connectivity index (χ1) is 16.0. The summed E-state index contributed by atoms with van der Waals surface area (Å²) in [5, 5.41) is 5.36. The Kier molecular flexibility index (Phi) is 7.11. The lowest BCUT2D eigenvalue weighted by Gasteiger charge is -2.15. The van der Waals surface area contributed by atoms with Crippen LogP contribution in [0.1, 0.15) is 19.4 Å². The Labute approximate surface area is 204 Å². The van der Waals surface area contributed by atoms with Gasteiger partial charge in [-0.15, -0.1) is 0 Å². The zero-order valence-corrected chi connectivity index (χ0v) is 20.4. The molecule has 8 heteroatoms. The summed E-state index contributed by atoms with van der Waals surface area (Å²) < 4.78 is 13.3. The Morgan fingerprint density at radius 1 is 1.06 bits per heavy atom. The van der Waals surface area contributed by atoms with Gasteiger partial charge >= 0.3 is 0 Å². The maximum atomic E-state index is 13.3. The van der Waals surface area contributed by atoms with Gasteiger partial charge in [0.1, 0.15) is 5.02 Å². The van der Waals surface area contributed by atoms with Crippen molar-refractivity contribution in [1.29, 1.82) is 0 Å². The minimum absolute atomic E-state index is 0.270. The third kappa shape index (κ3) is 4.65. The van der Waals surface area contributed by atoms with Crippen LogP contribution >= 0.6 is 27.5 Å². The summed E-state index contributed by atoms with van der Waals surface area (Å²) >= 11 is 10.1. The summed E-state index contributed by atoms with van der Waals surface area (Å²) in [5.41, 5.74) is 1.74. The summed E-state index contributed by atoms with van der Waals surface area (Å²) in [4.78, 5) is 18.0. The number of halogens is 2. The van der Waals surface area contributed by atoms with Crippen LogP contribution in [0.15, 0.2) is 75.0 Å². The summed E-state index contributed by atoms with van der Waals surface area (Å²) in [6.07, 6.45) is 1.55. The molecule has 1 heterocycles. The summed E-state index contributed by atoms with van der Waals surface area (Å²) in [5.74, 6) is 1.40. The van der Waals surface area contributed by atoms with Crippen molar-refractivity contribution < 1.29 is 9.47 Å². The SMILES string of the molecule is CCOc1cc(C=Nn2c(-c3ccccc3)nc3ccccc3c2=O)c(Br)c(Cl)c1OCC. The highest BCUT2D eigenvalue weighted by atomic mass is 79.9. The van der Waals surface area contributed by atoms with E-state index in [1.165, 1.54) is 4.68 Å². The van der Waals surface area contributed by atoms with E-state index in [9.17, 15) is 4.79 Å². The lowest BCUT2D eigenvalue weighted by molar-refractivity contribution is 0.287. The van der Waals surface area contributed by atoms with E-state index in [0.717, 1.165) is 5.56 Å². The monoisotopic (exact) mass is 525 g/mol. The van der Waals surface area contributed by atoms with Gasteiger partial charge in [-0.25, -0.2) is 4.98 Å². The van der Waals surface area contributed by atoms with Crippen LogP contribution < -0.4 is 15.0 Å². The van der Waals surface area contributed by atoms with Crippen molar-refractivity contribution in [2.24, 2.45) is 5.10 Å². The number of hydrogen-bond acceptors (Lipinski definition) is 5. The molecule has 0 saturated carbocycles. The zero-order valence-electron chi connectivity index (χ0n) is 18.1. The standard InChI is InChI=1S/C25H21BrClN3O3/c1-3-32-20-14-17(21(26)22(27)23(20)33-4-2)15-28-30-24(16-10-6-5-7-11-16)29-19-13-9-8-12-18(19)25(30)31/h5-15H,3-4H2,1-2H3. The average Bonchev–Trinajstić information content (AvgIpc) is 2.84. The van der Waals surface area contributed by atoms with E-state index in [1.54, 1.807) is 24.4 Å². The minimum atomic E-state index is -0.270. The molecule has 0 aliphatic carbocycles. The van der Waals surface area contributed by atoms with Crippen molar-refractivity contribution in [2.75, 3.05) is 13.2 Å². The molecule has 0 atom stereocenters. The topological polar surface area (TPSA) is 65.7 Å². The molecule has 0 spiro atoms. The van der Waals surface area contributed by atoms with E-state index in [-0.39, 0.29) is 5.56 Å². The molecule has 0 radical (unpaired) electrons. The first kappa shape index (κ1) is 23.0. The molecule has 0 fully saturated rings. The van der Waals surface area contributed by atoms with Gasteiger partial charge in [-0.2, -0.15) is 9.78 Å². The van der Waals surface area contributed by atoms with Gasteiger partial charge in [0.2, 0.25) is 0 Å². The Morgan fingerprint density at radius 3 is 2.48 bits per heavy atom. The van der Waals surface area contributed by atoms with Gasteiger partial charge in [-0.3, -0.25) is 4.79 Å². The summed E-state index contributed by atoms with van der Waals surface area (Å²) in [6, 6.07) is 18.4. The fraction of sp³-hybridized carbons (Fsp3) is 0.160. The van der Waals surface area contributed by atoms with E-state index in [4.69, 9.17) is 26.1 Å². The fourth-order valence-electron chi connectivity index (χ4n) is 3.37. The van der Waals surface area contributed by atoms with Gasteiger partial charge in [0.15, 0.2) is 17.3 Å². The van der Waals surface area contributed by atoms with Gasteiger partial charge in [-0.05, 0) is 48.0 Å². The number of ether oxygens (including phenoxy) is 2. The number of aromatic nitrogens is 2. The summed E-state index contributed by atoms with van der Waals surface area (Å²) in [6.45, 7) is 4.64. The molecular formula is C25H21BrClN3O3. The molecular weight excluding hydrogens is 506 g/mol. The predicted molar refractivity (Wildman–Crippen MR) is 136 cm³/mol. The third-order valence-corrected chi connectivity index (χ3v) is 6.29. The molecule has 0 bridgehead atoms. The lowest BCUT2D eigenvalue weighted by Crippen LogP contribution is -2.20. The minimum Gasteiger partial charge on any atom is -0.490 e. The normalized spacial score (nSPS) is 11.3. The molecule has 6 nitrogen and oxygen atoms in total. The van der Waals surface area contributed by atoms with Gasteiger partial charge in [0, 0.05) is 15.6 Å². The Morgan fingerprint density at radius 2 is 1.76 bits per heavy atom. The lowest BCUT2D eigenvalue weighted by atomic mass is 10.2. The predicted octanol–water partition coefficient (Wildman–Crippen LogP) is 6.16. The van der Waals surface area contributed by atoms with Crippen molar-refractivity contribution in [3.05, 3.63) is 86.1 Å². The van der Waals surface area contributed by atoms with Gasteiger partial charge < -0.3 is 9.47 Å². The number of para-hydroxylation sites is 1. The second-order valence-electron chi connectivity index (χ2n) is 6.97. The smallest absolute Gasteiger partial charge is 0.282 e. The molecule has 0 N–H and O–H groups in total. The van der Waals surface area contributed by atoms with Gasteiger partial charge in [0.25, 0.3) is 5.56 Å². The second kappa shape index (κ2) is 10.2. The van der Waals surface area contributed by atoms with Crippen LogP contribution in [0.4, 0.5) is 0 Å². The molecule has 1 aromatic heterocycles. The Balaban J connectivity index is 1.90. The Hall–Kier alpha value is -3.16. The fourth-order valence-corrected chi connectivity index (χ4v) is 4.02. The van der Waals surface area contributed by atoms with Crippen LogP contribution in [0.25, 0.3) is 22.3 Å². The molecule has 0 aliphatic rings. The van der Waals surface area contributed by atoms with Crippen molar-refractivity contribution in [3.63, 3.8) is 0 Å². The highest BCUT2D eigenvalue weighted by Crippen LogP contribution is 2.42. The van der Waals surface area contributed by atoms with Crippen molar-refractivity contribution in [1.82, 2.24) is 9.66 Å². The van der Waals surface area contributed by atoms with E-state index in [0.29, 0.717) is 56.5 Å². The van der Waals surface area contributed by atoms with E-state index >= 15 is 0 Å². The molecule has 4 rings (SSSR count). The highest BCUT2D eigenvalue weighted by molar-refractivity contribution is 9.10. The van der Waals surface area contributed by atoms with Crippen LogP contribution in [-0.2, 0) is 0 Å². The largest absolute Gasteiger partial charge is 0.490 e. The molecule has 168 valence electrons. The first-order valence-corrected chi connectivity index (χ1v) is 11.6. The first-order valence-electron chi connectivity index (χ1n) is 10.4. The average molecular weight is 527 g/mol. The maximum Gasteiger partial charge on any atom is 0.282 e. The molecule has 4 aromatic rings. The molecule has 0 aliphatic heterocycles. The Bertz CT molecular complexity index is 1390. The summed E-state index contributed by atoms with van der Waals surface area (Å²) in [7, 11) is 0. The van der Waals surface area contributed by atoms with Gasteiger partial charge in [0.05, 0.1) is 30.3 Å². The molecule has 0 unspecified atom stereocenters. The van der Waals surface area contributed by atoms with Crippen LogP contribution in [0.2, 0.25) is 5.02 Å². The van der Waals surface area contributed by atoms with Crippen molar-refractivity contribution >= 4 is 44.6 Å². The molecule has 3 aromatic carbocycles. The number of rotatable bonds is 7. The number of nitrogens with zero attached hydrogens (tertiary/aromatic N) is 3. The second-order valence-corrected chi connectivity index (χ2v) is 8.14. The number of benzene rings is 3. The van der Waals surface area contributed by atoms with Crippen LogP contribution in [0.5, 0.6) is 11.5 Å². The molecule has 0 saturated heterocycles. The quantitative estimate of drug-likeness (QED) is 0.271. The number of fused-ring (bicyclic) bond motifs is 1. The van der Waals surface area contributed by atoms with Crippen LogP contribution in [0.3, 0.4) is 0 Å². The number of hydrogen-bond donors (Lipinski definition) is 0.